The number of anilines is 2. The third-order valence-corrected chi connectivity index (χ3v) is 4.89. The maximum atomic E-state index is 13.5. The van der Waals surface area contributed by atoms with Crippen LogP contribution in [0.2, 0.25) is 0 Å². The molecule has 4 rings (SSSR count). The molecule has 6 nitrogen and oxygen atoms in total. The molecule has 0 atom stereocenters. The van der Waals surface area contributed by atoms with Crippen molar-refractivity contribution in [2.45, 2.75) is 6.92 Å². The number of ether oxygens (including phenoxy) is 2. The molecule has 156 valence electrons. The predicted molar refractivity (Wildman–Crippen MR) is 120 cm³/mol. The van der Waals surface area contributed by atoms with Gasteiger partial charge in [0.1, 0.15) is 17.2 Å². The van der Waals surface area contributed by atoms with Gasteiger partial charge in [0.05, 0.1) is 25.0 Å². The second-order valence-corrected chi connectivity index (χ2v) is 6.85. The first-order chi connectivity index (χ1) is 15.1. The van der Waals surface area contributed by atoms with E-state index in [4.69, 9.17) is 9.47 Å². The van der Waals surface area contributed by atoms with Crippen LogP contribution in [0.25, 0.3) is 5.57 Å². The van der Waals surface area contributed by atoms with Crippen LogP contribution in [0, 0.1) is 0 Å². The molecule has 1 aliphatic heterocycles. The molecule has 0 radical (unpaired) electrons. The summed E-state index contributed by atoms with van der Waals surface area (Å²) in [5.74, 6) is 0.433. The number of hydrogen-bond acceptors (Lipinski definition) is 5. The molecule has 1 aliphatic rings. The minimum absolute atomic E-state index is 0.225. The van der Waals surface area contributed by atoms with E-state index in [1.165, 1.54) is 4.90 Å². The summed E-state index contributed by atoms with van der Waals surface area (Å²) in [6, 6.07) is 23.3. The number of hydrogen-bond donors (Lipinski definition) is 1. The van der Waals surface area contributed by atoms with Gasteiger partial charge in [-0.15, -0.1) is 0 Å². The minimum Gasteiger partial charge on any atom is -0.497 e. The van der Waals surface area contributed by atoms with E-state index < -0.39 is 11.8 Å². The molecule has 0 aliphatic carbocycles. The number of methoxy groups -OCH3 is 1. The van der Waals surface area contributed by atoms with Crippen molar-refractivity contribution in [3.63, 3.8) is 0 Å². The number of amides is 2. The smallest absolute Gasteiger partial charge is 0.282 e. The number of carbonyl (C=O) groups excluding carboxylic acids is 2. The highest BCUT2D eigenvalue weighted by atomic mass is 16.5. The van der Waals surface area contributed by atoms with E-state index in [2.05, 4.69) is 5.32 Å². The lowest BCUT2D eigenvalue weighted by atomic mass is 10.0. The summed E-state index contributed by atoms with van der Waals surface area (Å²) in [5.41, 5.74) is 2.32. The molecular weight excluding hydrogens is 392 g/mol. The summed E-state index contributed by atoms with van der Waals surface area (Å²) < 4.78 is 10.8. The van der Waals surface area contributed by atoms with Crippen molar-refractivity contribution in [1.29, 1.82) is 0 Å². The Bertz CT molecular complexity index is 1140. The Labute approximate surface area is 180 Å². The van der Waals surface area contributed by atoms with Crippen molar-refractivity contribution in [1.82, 2.24) is 0 Å². The molecular formula is C25H22N2O4. The Morgan fingerprint density at radius 2 is 1.58 bits per heavy atom. The highest BCUT2D eigenvalue weighted by Crippen LogP contribution is 2.35. The molecule has 0 spiro atoms. The van der Waals surface area contributed by atoms with Crippen molar-refractivity contribution in [3.05, 3.63) is 90.1 Å². The zero-order chi connectivity index (χ0) is 21.8. The van der Waals surface area contributed by atoms with Gasteiger partial charge >= 0.3 is 0 Å². The molecule has 6 heteroatoms. The zero-order valence-electron chi connectivity index (χ0n) is 17.3. The summed E-state index contributed by atoms with van der Waals surface area (Å²) in [4.78, 5) is 28.0. The highest BCUT2D eigenvalue weighted by molar-refractivity contribution is 6.46. The second-order valence-electron chi connectivity index (χ2n) is 6.85. The maximum Gasteiger partial charge on any atom is 0.282 e. The maximum absolute atomic E-state index is 13.5. The third kappa shape index (κ3) is 4.00. The number of benzene rings is 3. The van der Waals surface area contributed by atoms with Gasteiger partial charge in [-0.2, -0.15) is 0 Å². The quantitative estimate of drug-likeness (QED) is 0.577. The molecule has 2 amide bonds. The van der Waals surface area contributed by atoms with Gasteiger partial charge in [0.15, 0.2) is 0 Å². The van der Waals surface area contributed by atoms with Crippen molar-refractivity contribution in [2.24, 2.45) is 0 Å². The molecule has 0 aromatic heterocycles. The highest BCUT2D eigenvalue weighted by Gasteiger charge is 2.40. The first-order valence-electron chi connectivity index (χ1n) is 9.94. The van der Waals surface area contributed by atoms with Crippen LogP contribution < -0.4 is 19.7 Å². The van der Waals surface area contributed by atoms with Gasteiger partial charge in [-0.1, -0.05) is 36.4 Å². The molecule has 3 aromatic carbocycles. The number of nitrogens with zero attached hydrogens (tertiary/aromatic N) is 1. The van der Waals surface area contributed by atoms with Crippen LogP contribution in [-0.4, -0.2) is 25.5 Å². The van der Waals surface area contributed by atoms with E-state index in [9.17, 15) is 9.59 Å². The number of carbonyl (C=O) groups is 2. The van der Waals surface area contributed by atoms with Gasteiger partial charge in [0.25, 0.3) is 11.8 Å². The number of para-hydroxylation sites is 1. The number of rotatable bonds is 7. The van der Waals surface area contributed by atoms with Crippen molar-refractivity contribution < 1.29 is 19.1 Å². The van der Waals surface area contributed by atoms with Crippen LogP contribution in [0.4, 0.5) is 11.4 Å². The zero-order valence-corrected chi connectivity index (χ0v) is 17.3. The number of imide groups is 1. The summed E-state index contributed by atoms with van der Waals surface area (Å²) >= 11 is 0. The Kier molecular flexibility index (Phi) is 5.71. The molecule has 1 heterocycles. The molecule has 0 unspecified atom stereocenters. The lowest BCUT2D eigenvalue weighted by Gasteiger charge is -2.16. The van der Waals surface area contributed by atoms with Crippen LogP contribution in [0.1, 0.15) is 12.5 Å². The van der Waals surface area contributed by atoms with Gasteiger partial charge in [0.2, 0.25) is 0 Å². The molecule has 0 bridgehead atoms. The molecule has 0 saturated heterocycles. The summed E-state index contributed by atoms with van der Waals surface area (Å²) in [6.45, 7) is 2.45. The summed E-state index contributed by atoms with van der Waals surface area (Å²) in [7, 11) is 1.54. The van der Waals surface area contributed by atoms with Gasteiger partial charge in [0, 0.05) is 11.8 Å². The largest absolute Gasteiger partial charge is 0.497 e. The van der Waals surface area contributed by atoms with Gasteiger partial charge < -0.3 is 14.8 Å². The van der Waals surface area contributed by atoms with E-state index in [0.717, 1.165) is 5.69 Å². The van der Waals surface area contributed by atoms with Crippen LogP contribution in [0.5, 0.6) is 11.5 Å². The number of nitrogens with one attached hydrogen (secondary N) is 1. The molecule has 31 heavy (non-hydrogen) atoms. The molecule has 1 N–H and O–H groups in total. The minimum atomic E-state index is -0.425. The Hall–Kier alpha value is -4.06. The molecule has 0 fully saturated rings. The summed E-state index contributed by atoms with van der Waals surface area (Å²) in [6.07, 6.45) is 0. The monoisotopic (exact) mass is 414 g/mol. The standard InChI is InChI=1S/C25H22N2O4/c1-3-31-20-14-12-17(13-15-20)22-23(26-18-8-5-4-6-9-18)25(29)27(24(22)28)19-10-7-11-21(16-19)30-2/h4-16,26H,3H2,1-2H3. The fraction of sp³-hybridized carbons (Fsp3) is 0.120. The normalized spacial score (nSPS) is 13.5. The Morgan fingerprint density at radius 3 is 2.26 bits per heavy atom. The van der Waals surface area contributed by atoms with E-state index in [0.29, 0.717) is 34.9 Å². The summed E-state index contributed by atoms with van der Waals surface area (Å²) in [5, 5.41) is 3.14. The van der Waals surface area contributed by atoms with E-state index >= 15 is 0 Å². The fourth-order valence-electron chi connectivity index (χ4n) is 3.45. The second kappa shape index (κ2) is 8.75. The average Bonchev–Trinajstić information content (AvgIpc) is 3.04. The first kappa shape index (κ1) is 20.2. The lowest BCUT2D eigenvalue weighted by Crippen LogP contribution is -2.32. The topological polar surface area (TPSA) is 67.9 Å². The van der Waals surface area contributed by atoms with Gasteiger partial charge in [-0.25, -0.2) is 4.90 Å². The van der Waals surface area contributed by atoms with Crippen LogP contribution >= 0.6 is 0 Å². The van der Waals surface area contributed by atoms with E-state index in [1.54, 1.807) is 55.6 Å². The van der Waals surface area contributed by atoms with Crippen molar-refractivity contribution in [2.75, 3.05) is 23.9 Å². The SMILES string of the molecule is CCOc1ccc(C2=C(Nc3ccccc3)C(=O)N(c3cccc(OC)c3)C2=O)cc1. The first-order valence-corrected chi connectivity index (χ1v) is 9.94. The van der Waals surface area contributed by atoms with Crippen molar-refractivity contribution >= 4 is 28.8 Å². The van der Waals surface area contributed by atoms with E-state index in [1.807, 2.05) is 37.3 Å². The lowest BCUT2D eigenvalue weighted by molar-refractivity contribution is -0.120. The van der Waals surface area contributed by atoms with Crippen molar-refractivity contribution in [3.8, 4) is 11.5 Å². The Morgan fingerprint density at radius 1 is 0.839 bits per heavy atom. The van der Waals surface area contributed by atoms with Crippen LogP contribution in [-0.2, 0) is 9.59 Å². The fourth-order valence-corrected chi connectivity index (χ4v) is 3.45. The molecule has 0 saturated carbocycles. The van der Waals surface area contributed by atoms with Gasteiger partial charge in [-0.05, 0) is 48.9 Å². The third-order valence-electron chi connectivity index (χ3n) is 4.89. The molecule has 3 aromatic rings. The van der Waals surface area contributed by atoms with Gasteiger partial charge in [-0.3, -0.25) is 9.59 Å². The Balaban J connectivity index is 1.78. The average molecular weight is 414 g/mol. The van der Waals surface area contributed by atoms with Crippen LogP contribution in [0.3, 0.4) is 0 Å². The van der Waals surface area contributed by atoms with Crippen LogP contribution in [0.15, 0.2) is 84.6 Å². The van der Waals surface area contributed by atoms with E-state index in [-0.39, 0.29) is 5.70 Å². The predicted octanol–water partition coefficient (Wildman–Crippen LogP) is 4.49.